The molecular weight excluding hydrogens is 416 g/mol. The molecule has 0 spiro atoms. The quantitative estimate of drug-likeness (QED) is 0.545. The number of carbonyl (C=O) groups excluding carboxylic acids is 2. The maximum absolute atomic E-state index is 13.6. The summed E-state index contributed by atoms with van der Waals surface area (Å²) in [4.78, 5) is 30.4. The van der Waals surface area contributed by atoms with Crippen LogP contribution in [-0.4, -0.2) is 38.7 Å². The molecule has 170 valence electrons. The second-order valence-electron chi connectivity index (χ2n) is 8.10. The lowest BCUT2D eigenvalue weighted by Crippen LogP contribution is -2.48. The number of amides is 2. The second kappa shape index (κ2) is 9.88. The average Bonchev–Trinajstić information content (AvgIpc) is 2.85. The van der Waals surface area contributed by atoms with E-state index in [0.717, 1.165) is 16.9 Å². The van der Waals surface area contributed by atoms with Gasteiger partial charge in [-0.25, -0.2) is 0 Å². The summed E-state index contributed by atoms with van der Waals surface area (Å²) < 4.78 is 10.5. The number of benzene rings is 3. The highest BCUT2D eigenvalue weighted by atomic mass is 16.5. The van der Waals surface area contributed by atoms with Gasteiger partial charge in [-0.1, -0.05) is 42.5 Å². The smallest absolute Gasteiger partial charge is 0.258 e. The molecule has 3 aromatic rings. The third-order valence-electron chi connectivity index (χ3n) is 5.98. The van der Waals surface area contributed by atoms with E-state index in [4.69, 9.17) is 9.47 Å². The average molecular weight is 445 g/mol. The molecule has 6 heteroatoms. The fourth-order valence-electron chi connectivity index (χ4n) is 4.51. The van der Waals surface area contributed by atoms with Crippen molar-refractivity contribution in [3.8, 4) is 5.75 Å². The first-order chi connectivity index (χ1) is 16.0. The van der Waals surface area contributed by atoms with Crippen molar-refractivity contribution >= 4 is 23.2 Å². The lowest BCUT2D eigenvalue weighted by molar-refractivity contribution is -0.122. The Balaban J connectivity index is 1.77. The van der Waals surface area contributed by atoms with Gasteiger partial charge < -0.3 is 19.3 Å². The van der Waals surface area contributed by atoms with Crippen molar-refractivity contribution in [1.29, 1.82) is 0 Å². The van der Waals surface area contributed by atoms with Crippen LogP contribution in [0.25, 0.3) is 0 Å². The third-order valence-corrected chi connectivity index (χ3v) is 5.98. The van der Waals surface area contributed by atoms with Crippen molar-refractivity contribution < 1.29 is 19.1 Å². The largest absolute Gasteiger partial charge is 0.497 e. The van der Waals surface area contributed by atoms with E-state index in [9.17, 15) is 9.59 Å². The third kappa shape index (κ3) is 4.47. The molecular formula is C27H28N2O4. The molecule has 0 aromatic heterocycles. The van der Waals surface area contributed by atoms with Crippen LogP contribution in [0, 0.1) is 0 Å². The summed E-state index contributed by atoms with van der Waals surface area (Å²) in [5, 5.41) is 0. The molecule has 2 atom stereocenters. The molecule has 6 nitrogen and oxygen atoms in total. The Morgan fingerprint density at radius 1 is 0.970 bits per heavy atom. The van der Waals surface area contributed by atoms with Gasteiger partial charge in [-0.15, -0.1) is 0 Å². The van der Waals surface area contributed by atoms with Gasteiger partial charge in [-0.3, -0.25) is 9.59 Å². The number of nitrogens with zero attached hydrogens (tertiary/aromatic N) is 2. The Hall–Kier alpha value is -3.64. The second-order valence-corrected chi connectivity index (χ2v) is 8.10. The van der Waals surface area contributed by atoms with Gasteiger partial charge in [0.25, 0.3) is 11.8 Å². The van der Waals surface area contributed by atoms with Crippen LogP contribution in [0.5, 0.6) is 5.75 Å². The molecule has 0 radical (unpaired) electrons. The van der Waals surface area contributed by atoms with Crippen LogP contribution in [0.1, 0.15) is 35.3 Å². The fraction of sp³-hybridized carbons (Fsp3) is 0.259. The molecule has 0 bridgehead atoms. The molecule has 0 aliphatic carbocycles. The van der Waals surface area contributed by atoms with E-state index in [-0.39, 0.29) is 30.5 Å². The number of ether oxygens (including phenoxy) is 2. The van der Waals surface area contributed by atoms with Crippen LogP contribution >= 0.6 is 0 Å². The van der Waals surface area contributed by atoms with Gasteiger partial charge in [0.15, 0.2) is 0 Å². The van der Waals surface area contributed by atoms with Crippen LogP contribution in [-0.2, 0) is 9.53 Å². The van der Waals surface area contributed by atoms with Gasteiger partial charge in [-0.2, -0.15) is 0 Å². The first-order valence-electron chi connectivity index (χ1n) is 11.0. The van der Waals surface area contributed by atoms with E-state index in [1.165, 1.54) is 7.11 Å². The zero-order chi connectivity index (χ0) is 23.4. The van der Waals surface area contributed by atoms with E-state index < -0.39 is 0 Å². The van der Waals surface area contributed by atoms with E-state index in [2.05, 4.69) is 0 Å². The minimum absolute atomic E-state index is 0.0194. The summed E-state index contributed by atoms with van der Waals surface area (Å²) in [6.07, 6.45) is 0.594. The van der Waals surface area contributed by atoms with Crippen LogP contribution in [0.4, 0.5) is 11.4 Å². The maximum Gasteiger partial charge on any atom is 0.258 e. The van der Waals surface area contributed by atoms with Crippen molar-refractivity contribution in [1.82, 2.24) is 0 Å². The van der Waals surface area contributed by atoms with Gasteiger partial charge in [0.1, 0.15) is 12.4 Å². The Bertz CT molecular complexity index is 1130. The monoisotopic (exact) mass is 444 g/mol. The van der Waals surface area contributed by atoms with Gasteiger partial charge in [0.2, 0.25) is 0 Å². The van der Waals surface area contributed by atoms with Gasteiger partial charge in [-0.05, 0) is 55.3 Å². The molecule has 0 saturated heterocycles. The molecule has 2 amide bonds. The minimum atomic E-state index is -0.226. The number of hydrogen-bond donors (Lipinski definition) is 0. The Kier molecular flexibility index (Phi) is 6.75. The predicted octanol–water partition coefficient (Wildman–Crippen LogP) is 4.85. The van der Waals surface area contributed by atoms with Crippen LogP contribution < -0.4 is 14.5 Å². The summed E-state index contributed by atoms with van der Waals surface area (Å²) in [5.41, 5.74) is 3.10. The Labute approximate surface area is 194 Å². The maximum atomic E-state index is 13.6. The summed E-state index contributed by atoms with van der Waals surface area (Å²) in [7, 11) is 3.11. The molecule has 3 aromatic carbocycles. The number of fused-ring (bicyclic) bond motifs is 1. The molecule has 4 rings (SSSR count). The Morgan fingerprint density at radius 3 is 2.42 bits per heavy atom. The molecule has 0 fully saturated rings. The highest BCUT2D eigenvalue weighted by molar-refractivity contribution is 6.08. The molecule has 0 saturated carbocycles. The molecule has 1 aliphatic heterocycles. The van der Waals surface area contributed by atoms with Gasteiger partial charge in [0.05, 0.1) is 13.2 Å². The zero-order valence-corrected chi connectivity index (χ0v) is 19.1. The van der Waals surface area contributed by atoms with Crippen molar-refractivity contribution in [3.05, 3.63) is 90.0 Å². The summed E-state index contributed by atoms with van der Waals surface area (Å²) in [5.74, 6) is 0.419. The number of anilines is 2. The zero-order valence-electron chi connectivity index (χ0n) is 19.1. The number of carbonyl (C=O) groups is 2. The number of hydrogen-bond acceptors (Lipinski definition) is 4. The topological polar surface area (TPSA) is 59.1 Å². The van der Waals surface area contributed by atoms with Crippen molar-refractivity contribution in [2.45, 2.75) is 25.4 Å². The first-order valence-corrected chi connectivity index (χ1v) is 11.0. The van der Waals surface area contributed by atoms with E-state index >= 15 is 0 Å². The normalized spacial score (nSPS) is 17.2. The number of methoxy groups -OCH3 is 2. The number of rotatable bonds is 6. The molecule has 1 aliphatic rings. The lowest BCUT2D eigenvalue weighted by Gasteiger charge is -2.43. The molecule has 0 unspecified atom stereocenters. The van der Waals surface area contributed by atoms with Crippen LogP contribution in [0.2, 0.25) is 0 Å². The molecule has 33 heavy (non-hydrogen) atoms. The SMILES string of the molecule is COCC(=O)N(c1ccccc1)[C@H]1C[C@@H](C)N(C(=O)c2cccc(OC)c2)c2ccccc21. The highest BCUT2D eigenvalue weighted by Gasteiger charge is 2.38. The number of para-hydroxylation sites is 2. The van der Waals surface area contributed by atoms with Gasteiger partial charge in [0, 0.05) is 30.1 Å². The molecule has 1 heterocycles. The van der Waals surface area contributed by atoms with E-state index in [1.54, 1.807) is 24.1 Å². The first kappa shape index (κ1) is 22.6. The van der Waals surface area contributed by atoms with Crippen molar-refractivity contribution in [3.63, 3.8) is 0 Å². The van der Waals surface area contributed by atoms with Crippen LogP contribution in [0.3, 0.4) is 0 Å². The minimum Gasteiger partial charge on any atom is -0.497 e. The summed E-state index contributed by atoms with van der Waals surface area (Å²) in [6, 6.07) is 24.2. The highest BCUT2D eigenvalue weighted by Crippen LogP contribution is 2.42. The fourth-order valence-corrected chi connectivity index (χ4v) is 4.51. The van der Waals surface area contributed by atoms with Crippen LogP contribution in [0.15, 0.2) is 78.9 Å². The van der Waals surface area contributed by atoms with E-state index in [0.29, 0.717) is 17.7 Å². The van der Waals surface area contributed by atoms with E-state index in [1.807, 2.05) is 78.6 Å². The van der Waals surface area contributed by atoms with Gasteiger partial charge >= 0.3 is 0 Å². The summed E-state index contributed by atoms with van der Waals surface area (Å²) >= 11 is 0. The predicted molar refractivity (Wildman–Crippen MR) is 129 cm³/mol. The van der Waals surface area contributed by atoms with Crippen molar-refractivity contribution in [2.75, 3.05) is 30.6 Å². The lowest BCUT2D eigenvalue weighted by atomic mass is 9.89. The standard InChI is InChI=1S/C27H28N2O4/c1-19-16-25(29(26(30)18-32-2)21-11-5-4-6-12-21)23-14-7-8-15-24(23)28(19)27(31)20-10-9-13-22(17-20)33-3/h4-15,17,19,25H,16,18H2,1-3H3/t19-,25+/m1/s1. The Morgan fingerprint density at radius 2 is 1.70 bits per heavy atom. The van der Waals surface area contributed by atoms with Crippen molar-refractivity contribution in [2.24, 2.45) is 0 Å². The molecule has 0 N–H and O–H groups in total. The summed E-state index contributed by atoms with van der Waals surface area (Å²) in [6.45, 7) is 2.00.